The lowest BCUT2D eigenvalue weighted by Gasteiger charge is -2.26. The first kappa shape index (κ1) is 38.3. The third-order valence-electron chi connectivity index (χ3n) is 7.53. The van der Waals surface area contributed by atoms with E-state index in [9.17, 15) is 32.8 Å². The second-order valence-corrected chi connectivity index (χ2v) is 12.5. The first-order valence-electron chi connectivity index (χ1n) is 16.0. The normalized spacial score (nSPS) is 15.9. The van der Waals surface area contributed by atoms with Crippen LogP contribution in [0.4, 0.5) is 22.4 Å². The van der Waals surface area contributed by atoms with Crippen molar-refractivity contribution >= 4 is 35.6 Å². The molecular weight excluding hydrogens is 665 g/mol. The van der Waals surface area contributed by atoms with Gasteiger partial charge in [-0.1, -0.05) is 12.1 Å². The number of carbonyl (C=O) groups is 2. The van der Waals surface area contributed by atoms with E-state index in [4.69, 9.17) is 14.2 Å². The summed E-state index contributed by atoms with van der Waals surface area (Å²) in [6, 6.07) is 7.00. The molecule has 4 rings (SSSR count). The number of fused-ring (bicyclic) bond motifs is 1. The number of benzene rings is 1. The first-order chi connectivity index (χ1) is 23.6. The number of rotatable bonds is 12. The zero-order valence-electron chi connectivity index (χ0n) is 28.2. The van der Waals surface area contributed by atoms with Gasteiger partial charge in [-0.2, -0.15) is 17.6 Å². The minimum Gasteiger partial charge on any atom is -0.476 e. The largest absolute Gasteiger partial charge is 0.485 e. The van der Waals surface area contributed by atoms with Crippen molar-refractivity contribution in [1.82, 2.24) is 25.0 Å². The molecule has 3 N–H and O–H groups in total. The molecule has 12 nitrogen and oxygen atoms in total. The molecule has 2 amide bonds. The number of likely N-dealkylation sites (N-methyl/N-ethyl adjacent to an activating group) is 1. The minimum atomic E-state index is -4.81. The Bertz CT molecular complexity index is 1700. The smallest absolute Gasteiger partial charge is 0.476 e. The summed E-state index contributed by atoms with van der Waals surface area (Å²) in [6.07, 6.45) is -1.34. The van der Waals surface area contributed by atoms with Crippen molar-refractivity contribution < 1.29 is 51.4 Å². The van der Waals surface area contributed by atoms with Crippen molar-refractivity contribution in [3.8, 4) is 5.88 Å². The number of pyridine rings is 1. The Hall–Kier alpha value is -4.48. The summed E-state index contributed by atoms with van der Waals surface area (Å²) >= 11 is 0. The number of ether oxygens (including phenoxy) is 3. The number of hydrogen-bond donors (Lipinski definition) is 3. The maximum absolute atomic E-state index is 15.2. The quantitative estimate of drug-likeness (QED) is 0.135. The highest BCUT2D eigenvalue weighted by Gasteiger charge is 2.36. The van der Waals surface area contributed by atoms with Gasteiger partial charge in [-0.15, -0.1) is 5.10 Å². The molecule has 1 atom stereocenters. The number of nitrogens with zero attached hydrogens (tertiary/aromatic N) is 4. The molecule has 0 aliphatic carbocycles. The highest BCUT2D eigenvalue weighted by molar-refractivity contribution is 6.53. The molecule has 1 aromatic carbocycles. The summed E-state index contributed by atoms with van der Waals surface area (Å²) in [5.41, 5.74) is -1.25. The zero-order valence-corrected chi connectivity index (χ0v) is 28.2. The number of allylic oxidation sites excluding steroid dienone is 1. The molecule has 1 saturated heterocycles. The van der Waals surface area contributed by atoms with Gasteiger partial charge >= 0.3 is 19.4 Å². The van der Waals surface area contributed by atoms with Crippen molar-refractivity contribution in [2.24, 2.45) is 0 Å². The molecule has 0 radical (unpaired) electrons. The van der Waals surface area contributed by atoms with Crippen LogP contribution in [-0.2, 0) is 14.3 Å². The second-order valence-electron chi connectivity index (χ2n) is 12.5. The second kappa shape index (κ2) is 16.5. The van der Waals surface area contributed by atoms with Crippen LogP contribution in [0.1, 0.15) is 63.8 Å². The van der Waals surface area contributed by atoms with Gasteiger partial charge in [0.2, 0.25) is 17.7 Å². The Balaban J connectivity index is 1.62. The summed E-state index contributed by atoms with van der Waals surface area (Å²) in [7, 11) is -1.04. The van der Waals surface area contributed by atoms with Gasteiger partial charge in [0, 0.05) is 44.1 Å². The molecule has 0 bridgehead atoms. The minimum absolute atomic E-state index is 0.0144. The van der Waals surface area contributed by atoms with E-state index in [1.54, 1.807) is 20.8 Å². The van der Waals surface area contributed by atoms with Gasteiger partial charge in [-0.05, 0) is 74.8 Å². The third kappa shape index (κ3) is 10.5. The molecule has 0 spiro atoms. The maximum atomic E-state index is 15.2. The number of nitrogens with one attached hydrogen (secondary N) is 1. The van der Waals surface area contributed by atoms with Gasteiger partial charge in [-0.3, -0.25) is 4.79 Å². The SMILES string of the molecule is CNC(=O)/C=C/CN(CCOc1ccc(/C(=C(/CC(F)(F)F)B(O)O)c2ccc3c(c2)c(F)nn3C2CCCCO2)cn1)C(=O)OC(C)(C)C. The molecule has 2 aromatic heterocycles. The van der Waals surface area contributed by atoms with Gasteiger partial charge in [0.25, 0.3) is 0 Å². The van der Waals surface area contributed by atoms with Crippen LogP contribution in [0.5, 0.6) is 5.88 Å². The number of alkyl halides is 3. The fourth-order valence-corrected chi connectivity index (χ4v) is 5.29. The fraction of sp³-hybridized carbons (Fsp3) is 0.455. The van der Waals surface area contributed by atoms with E-state index in [0.717, 1.165) is 12.8 Å². The maximum Gasteiger partial charge on any atom is 0.485 e. The van der Waals surface area contributed by atoms with Crippen molar-refractivity contribution in [3.05, 3.63) is 71.2 Å². The first-order valence-corrected chi connectivity index (χ1v) is 16.0. The molecular formula is C33H40BF4N5O7. The van der Waals surface area contributed by atoms with E-state index < -0.39 is 49.1 Å². The van der Waals surface area contributed by atoms with Crippen molar-refractivity contribution in [2.45, 2.75) is 64.5 Å². The lowest BCUT2D eigenvalue weighted by Crippen LogP contribution is -2.39. The molecule has 17 heteroatoms. The molecule has 50 heavy (non-hydrogen) atoms. The lowest BCUT2D eigenvalue weighted by atomic mass is 9.71. The fourth-order valence-electron chi connectivity index (χ4n) is 5.29. The van der Waals surface area contributed by atoms with Crippen LogP contribution < -0.4 is 10.1 Å². The Kier molecular flexibility index (Phi) is 12.6. The predicted octanol–water partition coefficient (Wildman–Crippen LogP) is 4.95. The number of amides is 2. The summed E-state index contributed by atoms with van der Waals surface area (Å²) in [5.74, 6) is -1.16. The number of hydrogen-bond acceptors (Lipinski definition) is 9. The molecule has 1 fully saturated rings. The molecule has 0 saturated carbocycles. The number of carbonyl (C=O) groups excluding carboxylic acids is 2. The summed E-state index contributed by atoms with van der Waals surface area (Å²) in [5, 5.41) is 26.7. The topological polar surface area (TPSA) is 148 Å². The Labute approximate surface area is 286 Å². The van der Waals surface area contributed by atoms with Crippen LogP contribution in [0.2, 0.25) is 0 Å². The van der Waals surface area contributed by atoms with Crippen LogP contribution in [0.15, 0.2) is 54.2 Å². The van der Waals surface area contributed by atoms with Crippen LogP contribution in [0, 0.1) is 5.95 Å². The van der Waals surface area contributed by atoms with Crippen molar-refractivity contribution in [2.75, 3.05) is 33.4 Å². The summed E-state index contributed by atoms with van der Waals surface area (Å²) in [4.78, 5) is 29.8. The molecule has 270 valence electrons. The Morgan fingerprint density at radius 3 is 2.50 bits per heavy atom. The van der Waals surface area contributed by atoms with Gasteiger partial charge < -0.3 is 34.5 Å². The van der Waals surface area contributed by atoms with E-state index >= 15 is 4.39 Å². The Morgan fingerprint density at radius 2 is 1.90 bits per heavy atom. The summed E-state index contributed by atoms with van der Waals surface area (Å²) in [6.45, 7) is 5.60. The van der Waals surface area contributed by atoms with Crippen LogP contribution in [0.25, 0.3) is 16.5 Å². The van der Waals surface area contributed by atoms with E-state index in [0.29, 0.717) is 18.5 Å². The van der Waals surface area contributed by atoms with E-state index in [1.807, 2.05) is 0 Å². The van der Waals surface area contributed by atoms with E-state index in [1.165, 1.54) is 65.3 Å². The van der Waals surface area contributed by atoms with E-state index in [-0.39, 0.29) is 53.6 Å². The van der Waals surface area contributed by atoms with Crippen molar-refractivity contribution in [3.63, 3.8) is 0 Å². The third-order valence-corrected chi connectivity index (χ3v) is 7.53. The lowest BCUT2D eigenvalue weighted by molar-refractivity contribution is -0.126. The van der Waals surface area contributed by atoms with Crippen LogP contribution in [0.3, 0.4) is 0 Å². The summed E-state index contributed by atoms with van der Waals surface area (Å²) < 4.78 is 74.5. The number of aromatic nitrogens is 3. The van der Waals surface area contributed by atoms with Gasteiger partial charge in [0.1, 0.15) is 12.2 Å². The van der Waals surface area contributed by atoms with E-state index in [2.05, 4.69) is 15.4 Å². The highest BCUT2D eigenvalue weighted by Crippen LogP contribution is 2.37. The van der Waals surface area contributed by atoms with Gasteiger partial charge in [0.15, 0.2) is 6.23 Å². The molecule has 1 aliphatic rings. The average Bonchev–Trinajstić information content (AvgIpc) is 3.38. The predicted molar refractivity (Wildman–Crippen MR) is 176 cm³/mol. The Morgan fingerprint density at radius 1 is 1.16 bits per heavy atom. The van der Waals surface area contributed by atoms with Gasteiger partial charge in [0.05, 0.1) is 23.9 Å². The van der Waals surface area contributed by atoms with Crippen LogP contribution in [-0.4, -0.2) is 94.0 Å². The zero-order chi connectivity index (χ0) is 36.6. The monoisotopic (exact) mass is 705 g/mol. The van der Waals surface area contributed by atoms with Gasteiger partial charge in [-0.25, -0.2) is 14.5 Å². The highest BCUT2D eigenvalue weighted by atomic mass is 19.4. The van der Waals surface area contributed by atoms with Crippen LogP contribution >= 0.6 is 0 Å². The molecule has 1 unspecified atom stereocenters. The molecule has 3 aromatic rings. The molecule has 3 heterocycles. The number of halogens is 4. The standard InChI is InChI=1S/C33H40BF4N5O7/c1-32(2,3)50-31(45)42(14-7-8-26(44)39-4)15-17-48-27-13-11-22(20-40-27)29(24(34(46)47)19-33(36,37)38)21-10-12-25-23(18-21)30(35)41-43(25)28-9-5-6-16-49-28/h7-8,10-13,18,20,28,46-47H,5-6,9,14-17,19H2,1-4H3,(H,39,44)/b8-7+,29-24-. The van der Waals surface area contributed by atoms with Crippen molar-refractivity contribution in [1.29, 1.82) is 0 Å². The average molecular weight is 706 g/mol. The molecule has 1 aliphatic heterocycles.